The lowest BCUT2D eigenvalue weighted by atomic mass is 9.92. The summed E-state index contributed by atoms with van der Waals surface area (Å²) in [6, 6.07) is 5.94. The van der Waals surface area contributed by atoms with Crippen molar-refractivity contribution in [2.75, 3.05) is 50.8 Å². The minimum atomic E-state index is -2.55. The fraction of sp³-hybridized carbons (Fsp3) is 0.731. The molecule has 0 spiro atoms. The smallest absolute Gasteiger partial charge is 0.250 e. The van der Waals surface area contributed by atoms with Crippen LogP contribution in [0, 0.1) is 11.8 Å². The van der Waals surface area contributed by atoms with E-state index in [4.69, 9.17) is 4.74 Å². The molecule has 7 heteroatoms. The monoisotopic (exact) mass is 463 g/mol. The van der Waals surface area contributed by atoms with Crippen molar-refractivity contribution < 1.29 is 18.3 Å². The van der Waals surface area contributed by atoms with Gasteiger partial charge in [0.25, 0.3) is 5.92 Å². The summed E-state index contributed by atoms with van der Waals surface area (Å²) in [5.74, 6) is -0.0956. The molecule has 0 aliphatic carbocycles. The number of rotatable bonds is 8. The SMILES string of the molecule is CC1CC(C)CN(CCCOc2ccc(N3CCCC3=O)cc2CN2CCC(F)(F)CC2)C1. The van der Waals surface area contributed by atoms with Crippen molar-refractivity contribution in [3.63, 3.8) is 0 Å². The molecule has 0 radical (unpaired) electrons. The predicted molar refractivity (Wildman–Crippen MR) is 127 cm³/mol. The van der Waals surface area contributed by atoms with Crippen LogP contribution in [-0.4, -0.2) is 67.5 Å². The van der Waals surface area contributed by atoms with Crippen LogP contribution in [0.5, 0.6) is 5.75 Å². The van der Waals surface area contributed by atoms with Crippen LogP contribution in [0.15, 0.2) is 18.2 Å². The molecule has 33 heavy (non-hydrogen) atoms. The Balaban J connectivity index is 1.38. The van der Waals surface area contributed by atoms with Crippen LogP contribution < -0.4 is 9.64 Å². The van der Waals surface area contributed by atoms with Gasteiger partial charge in [-0.1, -0.05) is 13.8 Å². The number of piperidine rings is 2. The van der Waals surface area contributed by atoms with E-state index in [0.717, 1.165) is 67.9 Å². The number of nitrogens with zero attached hydrogens (tertiary/aromatic N) is 3. The first-order valence-corrected chi connectivity index (χ1v) is 12.7. The van der Waals surface area contributed by atoms with Crippen LogP contribution in [0.1, 0.15) is 57.9 Å². The van der Waals surface area contributed by atoms with Gasteiger partial charge in [-0.3, -0.25) is 9.69 Å². The molecule has 3 aliphatic heterocycles. The van der Waals surface area contributed by atoms with Crippen molar-refractivity contribution in [1.29, 1.82) is 0 Å². The molecule has 3 saturated heterocycles. The summed E-state index contributed by atoms with van der Waals surface area (Å²) in [5, 5.41) is 0. The average Bonchev–Trinajstić information content (AvgIpc) is 3.18. The molecule has 1 aromatic rings. The van der Waals surface area contributed by atoms with Gasteiger partial charge in [-0.15, -0.1) is 0 Å². The van der Waals surface area contributed by atoms with E-state index in [0.29, 0.717) is 32.7 Å². The number of alkyl halides is 2. The lowest BCUT2D eigenvalue weighted by molar-refractivity contribution is -0.117. The highest BCUT2D eigenvalue weighted by Crippen LogP contribution is 2.32. The van der Waals surface area contributed by atoms with Gasteiger partial charge in [0.05, 0.1) is 6.61 Å². The maximum absolute atomic E-state index is 13.6. The molecule has 5 nitrogen and oxygen atoms in total. The Hall–Kier alpha value is -1.73. The predicted octanol–water partition coefficient (Wildman–Crippen LogP) is 4.79. The first kappa shape index (κ1) is 24.4. The third-order valence-corrected chi connectivity index (χ3v) is 7.23. The maximum Gasteiger partial charge on any atom is 0.250 e. The van der Waals surface area contributed by atoms with Crippen LogP contribution in [0.3, 0.4) is 0 Å². The van der Waals surface area contributed by atoms with Gasteiger partial charge in [0.15, 0.2) is 0 Å². The summed E-state index contributed by atoms with van der Waals surface area (Å²) in [5.41, 5.74) is 1.87. The molecular weight excluding hydrogens is 424 g/mol. The number of amides is 1. The first-order valence-electron chi connectivity index (χ1n) is 12.7. The number of likely N-dealkylation sites (tertiary alicyclic amines) is 2. The van der Waals surface area contributed by atoms with E-state index in [2.05, 4.69) is 23.6 Å². The summed E-state index contributed by atoms with van der Waals surface area (Å²) in [7, 11) is 0. The second-order valence-corrected chi connectivity index (χ2v) is 10.5. The highest BCUT2D eigenvalue weighted by molar-refractivity contribution is 5.95. The molecule has 184 valence electrons. The zero-order valence-electron chi connectivity index (χ0n) is 20.2. The van der Waals surface area contributed by atoms with Crippen LogP contribution in [0.4, 0.5) is 14.5 Å². The fourth-order valence-corrected chi connectivity index (χ4v) is 5.64. The minimum absolute atomic E-state index is 0.0971. The lowest BCUT2D eigenvalue weighted by Crippen LogP contribution is -2.39. The van der Waals surface area contributed by atoms with E-state index in [1.54, 1.807) is 0 Å². The molecule has 2 unspecified atom stereocenters. The second-order valence-electron chi connectivity index (χ2n) is 10.5. The molecule has 1 aromatic carbocycles. The number of anilines is 1. The second kappa shape index (κ2) is 10.7. The Kier molecular flexibility index (Phi) is 7.90. The largest absolute Gasteiger partial charge is 0.493 e. The summed E-state index contributed by atoms with van der Waals surface area (Å²) >= 11 is 0. The van der Waals surface area contributed by atoms with Gasteiger partial charge in [-0.25, -0.2) is 8.78 Å². The fourth-order valence-electron chi connectivity index (χ4n) is 5.64. The summed E-state index contributed by atoms with van der Waals surface area (Å²) in [6.07, 6.45) is 3.54. The molecule has 0 aromatic heterocycles. The van der Waals surface area contributed by atoms with E-state index in [-0.39, 0.29) is 18.7 Å². The normalized spacial score (nSPS) is 26.7. The lowest BCUT2D eigenvalue weighted by Gasteiger charge is -2.35. The summed E-state index contributed by atoms with van der Waals surface area (Å²) < 4.78 is 33.4. The molecule has 3 aliphatic rings. The molecule has 2 atom stereocenters. The number of carbonyl (C=O) groups is 1. The number of benzene rings is 1. The summed E-state index contributed by atoms with van der Waals surface area (Å²) in [6.45, 7) is 10.7. The van der Waals surface area contributed by atoms with Crippen molar-refractivity contribution in [2.24, 2.45) is 11.8 Å². The average molecular weight is 464 g/mol. The van der Waals surface area contributed by atoms with E-state index in [9.17, 15) is 13.6 Å². The van der Waals surface area contributed by atoms with Crippen molar-refractivity contribution in [2.45, 2.75) is 64.8 Å². The number of ether oxygens (including phenoxy) is 1. The van der Waals surface area contributed by atoms with Gasteiger partial charge in [0.1, 0.15) is 5.75 Å². The minimum Gasteiger partial charge on any atom is -0.493 e. The van der Waals surface area contributed by atoms with Gasteiger partial charge in [0.2, 0.25) is 5.91 Å². The molecular formula is C26H39F2N3O2. The van der Waals surface area contributed by atoms with Crippen molar-refractivity contribution in [1.82, 2.24) is 9.80 Å². The first-order chi connectivity index (χ1) is 15.8. The highest BCUT2D eigenvalue weighted by Gasteiger charge is 2.34. The Morgan fingerprint density at radius 1 is 1.06 bits per heavy atom. The van der Waals surface area contributed by atoms with E-state index in [1.807, 2.05) is 23.1 Å². The quantitative estimate of drug-likeness (QED) is 0.520. The van der Waals surface area contributed by atoms with Gasteiger partial charge in [-0.2, -0.15) is 0 Å². The maximum atomic E-state index is 13.6. The van der Waals surface area contributed by atoms with Gasteiger partial charge in [-0.05, 0) is 49.3 Å². The van der Waals surface area contributed by atoms with E-state index >= 15 is 0 Å². The molecule has 0 N–H and O–H groups in total. The molecule has 4 rings (SSSR count). The zero-order valence-corrected chi connectivity index (χ0v) is 20.2. The van der Waals surface area contributed by atoms with E-state index < -0.39 is 5.92 Å². The molecule has 1 amide bonds. The molecule has 0 saturated carbocycles. The van der Waals surface area contributed by atoms with Gasteiger partial charge in [0, 0.05) is 76.3 Å². The number of carbonyl (C=O) groups excluding carboxylic acids is 1. The van der Waals surface area contributed by atoms with Gasteiger partial charge >= 0.3 is 0 Å². The van der Waals surface area contributed by atoms with Crippen molar-refractivity contribution in [3.05, 3.63) is 23.8 Å². The Labute approximate surface area is 197 Å². The number of hydrogen-bond acceptors (Lipinski definition) is 4. The van der Waals surface area contributed by atoms with Crippen LogP contribution in [0.2, 0.25) is 0 Å². The van der Waals surface area contributed by atoms with Crippen LogP contribution >= 0.6 is 0 Å². The third-order valence-electron chi connectivity index (χ3n) is 7.23. The molecule has 0 bridgehead atoms. The third kappa shape index (κ3) is 6.66. The summed E-state index contributed by atoms with van der Waals surface area (Å²) in [4.78, 5) is 18.7. The van der Waals surface area contributed by atoms with E-state index in [1.165, 1.54) is 6.42 Å². The standard InChI is InChI=1S/C26H39F2N3O2/c1-20-15-21(2)18-30(17-20)10-4-14-33-24-7-6-23(31-11-3-5-25(31)32)16-22(24)19-29-12-8-26(27,28)9-13-29/h6-7,16,20-21H,3-5,8-15,17-19H2,1-2H3. The van der Waals surface area contributed by atoms with Crippen molar-refractivity contribution in [3.8, 4) is 5.75 Å². The molecule has 3 heterocycles. The Bertz CT molecular complexity index is 799. The van der Waals surface area contributed by atoms with Crippen molar-refractivity contribution >= 4 is 11.6 Å². The Morgan fingerprint density at radius 2 is 1.79 bits per heavy atom. The van der Waals surface area contributed by atoms with Crippen LogP contribution in [0.25, 0.3) is 0 Å². The molecule has 3 fully saturated rings. The van der Waals surface area contributed by atoms with Crippen LogP contribution in [-0.2, 0) is 11.3 Å². The zero-order chi connectivity index (χ0) is 23.4. The Morgan fingerprint density at radius 3 is 2.45 bits per heavy atom. The number of hydrogen-bond donors (Lipinski definition) is 0. The van der Waals surface area contributed by atoms with Gasteiger partial charge < -0.3 is 14.5 Å². The topological polar surface area (TPSA) is 36.0 Å². The number of halogens is 2. The highest BCUT2D eigenvalue weighted by atomic mass is 19.3.